The van der Waals surface area contributed by atoms with Crippen LogP contribution in [0.25, 0.3) is 0 Å². The van der Waals surface area contributed by atoms with Crippen LogP contribution in [0.4, 0.5) is 17.1 Å². The molecule has 5 nitrogen and oxygen atoms in total. The fourth-order valence-corrected chi connectivity index (χ4v) is 3.65. The number of benzene rings is 2. The molecule has 0 spiro atoms. The number of methoxy groups -OCH3 is 1. The van der Waals surface area contributed by atoms with Crippen molar-refractivity contribution in [2.24, 2.45) is 0 Å². The largest absolute Gasteiger partial charge is 0.495 e. The van der Waals surface area contributed by atoms with Gasteiger partial charge in [0, 0.05) is 29.1 Å². The number of para-hydroxylation sites is 1. The Morgan fingerprint density at radius 3 is 2.89 bits per heavy atom. The zero-order valence-corrected chi connectivity index (χ0v) is 16.2. The van der Waals surface area contributed by atoms with Crippen LogP contribution in [-0.2, 0) is 6.42 Å². The van der Waals surface area contributed by atoms with Crippen molar-refractivity contribution in [3.8, 4) is 5.75 Å². The molecule has 1 N–H and O–H groups in total. The number of carbonyl (C=O) groups excluding carboxylic acids is 1. The quantitative estimate of drug-likeness (QED) is 0.671. The first kappa shape index (κ1) is 18.3. The van der Waals surface area contributed by atoms with Crippen molar-refractivity contribution in [1.29, 1.82) is 0 Å². The lowest BCUT2D eigenvalue weighted by atomic mass is 10.0. The first-order chi connectivity index (χ1) is 13.7. The van der Waals surface area contributed by atoms with Crippen LogP contribution in [-0.4, -0.2) is 24.5 Å². The number of fused-ring (bicyclic) bond motifs is 1. The summed E-state index contributed by atoms with van der Waals surface area (Å²) in [6, 6.07) is 17.2. The first-order valence-corrected chi connectivity index (χ1v) is 9.50. The summed E-state index contributed by atoms with van der Waals surface area (Å²) >= 11 is 6.05. The van der Waals surface area contributed by atoms with Gasteiger partial charge in [-0.25, -0.2) is 0 Å². The van der Waals surface area contributed by atoms with E-state index in [1.807, 2.05) is 18.2 Å². The smallest absolute Gasteiger partial charge is 0.274 e. The number of aromatic nitrogens is 1. The first-order valence-electron chi connectivity index (χ1n) is 9.12. The molecule has 0 bridgehead atoms. The second-order valence-corrected chi connectivity index (χ2v) is 7.02. The van der Waals surface area contributed by atoms with Gasteiger partial charge in [0.25, 0.3) is 5.91 Å². The van der Waals surface area contributed by atoms with Gasteiger partial charge in [-0.1, -0.05) is 29.8 Å². The van der Waals surface area contributed by atoms with E-state index in [0.717, 1.165) is 25.1 Å². The Kier molecular flexibility index (Phi) is 5.17. The number of nitrogens with zero attached hydrogens (tertiary/aromatic N) is 2. The number of carbonyl (C=O) groups is 1. The molecule has 0 saturated carbocycles. The van der Waals surface area contributed by atoms with E-state index in [1.54, 1.807) is 31.5 Å². The summed E-state index contributed by atoms with van der Waals surface area (Å²) in [7, 11) is 1.55. The van der Waals surface area contributed by atoms with Gasteiger partial charge in [-0.15, -0.1) is 0 Å². The number of aryl methyl sites for hydroxylation is 1. The lowest BCUT2D eigenvalue weighted by Gasteiger charge is -2.31. The van der Waals surface area contributed by atoms with Crippen molar-refractivity contribution >= 4 is 34.6 Å². The summed E-state index contributed by atoms with van der Waals surface area (Å²) < 4.78 is 5.29. The van der Waals surface area contributed by atoms with Crippen LogP contribution < -0.4 is 15.0 Å². The molecule has 1 amide bonds. The Hall–Kier alpha value is -3.05. The van der Waals surface area contributed by atoms with Gasteiger partial charge in [0.15, 0.2) is 0 Å². The minimum Gasteiger partial charge on any atom is -0.495 e. The van der Waals surface area contributed by atoms with Crippen LogP contribution in [0.3, 0.4) is 0 Å². The molecule has 28 heavy (non-hydrogen) atoms. The van der Waals surface area contributed by atoms with E-state index in [0.29, 0.717) is 22.2 Å². The monoisotopic (exact) mass is 393 g/mol. The van der Waals surface area contributed by atoms with Crippen LogP contribution in [0.5, 0.6) is 5.75 Å². The number of halogens is 1. The van der Waals surface area contributed by atoms with Crippen molar-refractivity contribution in [1.82, 2.24) is 4.98 Å². The Balaban J connectivity index is 1.61. The van der Waals surface area contributed by atoms with Gasteiger partial charge in [-0.05, 0) is 54.8 Å². The molecule has 2 heterocycles. The number of hydrogen-bond donors (Lipinski definition) is 1. The fourth-order valence-electron chi connectivity index (χ4n) is 3.48. The highest BCUT2D eigenvalue weighted by Crippen LogP contribution is 2.33. The fraction of sp³-hybridized carbons (Fsp3) is 0.182. The highest BCUT2D eigenvalue weighted by Gasteiger charge is 2.19. The summed E-state index contributed by atoms with van der Waals surface area (Å²) in [5, 5.41) is 3.35. The van der Waals surface area contributed by atoms with Gasteiger partial charge in [0.2, 0.25) is 0 Å². The Bertz CT molecular complexity index is 1020. The predicted octanol–water partition coefficient (Wildman–Crippen LogP) is 5.08. The lowest BCUT2D eigenvalue weighted by molar-refractivity contribution is 0.102. The summed E-state index contributed by atoms with van der Waals surface area (Å²) in [5.74, 6) is 0.228. The molecule has 0 aliphatic carbocycles. The second kappa shape index (κ2) is 7.90. The number of rotatable bonds is 4. The summed E-state index contributed by atoms with van der Waals surface area (Å²) in [6.07, 6.45) is 3.80. The third-order valence-electron chi connectivity index (χ3n) is 4.81. The topological polar surface area (TPSA) is 54.5 Å². The van der Waals surface area contributed by atoms with Gasteiger partial charge >= 0.3 is 0 Å². The molecule has 0 fully saturated rings. The summed E-state index contributed by atoms with van der Waals surface area (Å²) in [5.41, 5.74) is 4.30. The van der Waals surface area contributed by atoms with Gasteiger partial charge < -0.3 is 15.0 Å². The Morgan fingerprint density at radius 2 is 2.04 bits per heavy atom. The predicted molar refractivity (Wildman–Crippen MR) is 112 cm³/mol. The third-order valence-corrected chi connectivity index (χ3v) is 5.04. The van der Waals surface area contributed by atoms with Crippen molar-refractivity contribution in [3.05, 3.63) is 77.1 Å². The molecule has 3 aromatic rings. The number of anilines is 3. The maximum atomic E-state index is 12.8. The van der Waals surface area contributed by atoms with E-state index in [4.69, 9.17) is 16.3 Å². The number of nitrogens with one attached hydrogen (secondary N) is 1. The Labute approximate surface area is 168 Å². The molecule has 4 rings (SSSR count). The van der Waals surface area contributed by atoms with E-state index in [2.05, 4.69) is 33.4 Å². The van der Waals surface area contributed by atoms with Crippen LogP contribution >= 0.6 is 11.6 Å². The second-order valence-electron chi connectivity index (χ2n) is 6.58. The van der Waals surface area contributed by atoms with E-state index in [-0.39, 0.29) is 5.91 Å². The minimum atomic E-state index is -0.312. The van der Waals surface area contributed by atoms with Crippen molar-refractivity contribution in [3.63, 3.8) is 0 Å². The normalized spacial score (nSPS) is 13.0. The molecule has 0 radical (unpaired) electrons. The van der Waals surface area contributed by atoms with E-state index in [1.165, 1.54) is 11.3 Å². The van der Waals surface area contributed by atoms with Gasteiger partial charge in [0.1, 0.15) is 11.4 Å². The summed E-state index contributed by atoms with van der Waals surface area (Å²) in [4.78, 5) is 19.3. The highest BCUT2D eigenvalue weighted by molar-refractivity contribution is 6.31. The highest BCUT2D eigenvalue weighted by atomic mass is 35.5. The zero-order chi connectivity index (χ0) is 19.5. The van der Waals surface area contributed by atoms with Crippen molar-refractivity contribution in [2.75, 3.05) is 23.9 Å². The minimum absolute atomic E-state index is 0.312. The number of pyridine rings is 1. The third kappa shape index (κ3) is 3.66. The van der Waals surface area contributed by atoms with Crippen molar-refractivity contribution < 1.29 is 9.53 Å². The SMILES string of the molecule is COc1ccc(Cl)cc1NC(=O)c1cc(N2CCCc3ccccc32)ccn1. The maximum absolute atomic E-state index is 12.8. The van der Waals surface area contributed by atoms with E-state index < -0.39 is 0 Å². The van der Waals surface area contributed by atoms with Crippen LogP contribution in [0.1, 0.15) is 22.5 Å². The van der Waals surface area contributed by atoms with Gasteiger partial charge in [-0.2, -0.15) is 0 Å². The molecule has 142 valence electrons. The molecule has 0 saturated heterocycles. The molecule has 6 heteroatoms. The zero-order valence-electron chi connectivity index (χ0n) is 15.5. The molecule has 1 aliphatic heterocycles. The summed E-state index contributed by atoms with van der Waals surface area (Å²) in [6.45, 7) is 0.907. The maximum Gasteiger partial charge on any atom is 0.274 e. The lowest BCUT2D eigenvalue weighted by Crippen LogP contribution is -2.25. The van der Waals surface area contributed by atoms with E-state index in [9.17, 15) is 4.79 Å². The van der Waals surface area contributed by atoms with Gasteiger partial charge in [-0.3, -0.25) is 9.78 Å². The molecule has 0 atom stereocenters. The molecule has 2 aromatic carbocycles. The Morgan fingerprint density at radius 1 is 1.18 bits per heavy atom. The van der Waals surface area contributed by atoms with Crippen LogP contribution in [0.2, 0.25) is 5.02 Å². The molecular weight excluding hydrogens is 374 g/mol. The van der Waals surface area contributed by atoms with Crippen molar-refractivity contribution in [2.45, 2.75) is 12.8 Å². The van der Waals surface area contributed by atoms with Gasteiger partial charge in [0.05, 0.1) is 12.8 Å². The average Bonchev–Trinajstić information content (AvgIpc) is 2.73. The standard InChI is InChI=1S/C22H20ClN3O2/c1-28-21-9-8-16(23)13-18(21)25-22(27)19-14-17(10-11-24-19)26-12-4-6-15-5-2-3-7-20(15)26/h2-3,5,7-11,13-14H,4,6,12H2,1H3,(H,25,27). The van der Waals surface area contributed by atoms with E-state index >= 15 is 0 Å². The van der Waals surface area contributed by atoms with Crippen LogP contribution in [0, 0.1) is 0 Å². The molecule has 1 aliphatic rings. The van der Waals surface area contributed by atoms with Crippen LogP contribution in [0.15, 0.2) is 60.8 Å². The molecule has 1 aromatic heterocycles. The molecule has 0 unspecified atom stereocenters. The number of ether oxygens (including phenoxy) is 1. The average molecular weight is 394 g/mol. The molecular formula is C22H20ClN3O2. The number of amides is 1. The number of hydrogen-bond acceptors (Lipinski definition) is 4.